The Labute approximate surface area is 132 Å². The lowest BCUT2D eigenvalue weighted by molar-refractivity contribution is 0.0696. The second kappa shape index (κ2) is 5.96. The number of para-hydroxylation sites is 1. The van der Waals surface area contributed by atoms with Crippen LogP contribution in [0.4, 0.5) is 5.69 Å². The topological polar surface area (TPSA) is 82.2 Å². The molecule has 0 radical (unpaired) electrons. The van der Waals surface area contributed by atoms with Gasteiger partial charge in [-0.1, -0.05) is 48.5 Å². The number of nitrogens with one attached hydrogen (secondary N) is 2. The van der Waals surface area contributed by atoms with Crippen molar-refractivity contribution in [3.05, 3.63) is 76.1 Å². The van der Waals surface area contributed by atoms with Gasteiger partial charge in [0.1, 0.15) is 5.56 Å². The van der Waals surface area contributed by atoms with E-state index in [2.05, 4.69) is 10.3 Å². The van der Waals surface area contributed by atoms with Crippen molar-refractivity contribution in [2.24, 2.45) is 0 Å². The molecule has 0 aliphatic carbocycles. The third-order valence-corrected chi connectivity index (χ3v) is 3.80. The number of fused-ring (bicyclic) bond motifs is 1. The number of aromatic amines is 1. The van der Waals surface area contributed by atoms with Crippen LogP contribution >= 0.6 is 0 Å². The number of carbonyl (C=O) groups is 1. The van der Waals surface area contributed by atoms with E-state index in [1.807, 2.05) is 43.3 Å². The van der Waals surface area contributed by atoms with Crippen LogP contribution in [0, 0.1) is 0 Å². The molecule has 0 saturated carbocycles. The molecule has 0 fully saturated rings. The normalized spacial score (nSPS) is 12.0. The molecule has 0 bridgehead atoms. The lowest BCUT2D eigenvalue weighted by Crippen LogP contribution is -2.22. The highest BCUT2D eigenvalue weighted by atomic mass is 16.4. The number of aromatic nitrogens is 1. The van der Waals surface area contributed by atoms with Gasteiger partial charge in [-0.3, -0.25) is 4.79 Å². The zero-order valence-electron chi connectivity index (χ0n) is 12.5. The van der Waals surface area contributed by atoms with E-state index in [1.165, 1.54) is 0 Å². The summed E-state index contributed by atoms with van der Waals surface area (Å²) in [5.41, 5.74) is 1.07. The summed E-state index contributed by atoms with van der Waals surface area (Å²) in [6.07, 6.45) is 0. The minimum Gasteiger partial charge on any atom is -0.477 e. The molecule has 1 heterocycles. The van der Waals surface area contributed by atoms with Gasteiger partial charge in [-0.05, 0) is 18.6 Å². The molecule has 0 spiro atoms. The maximum atomic E-state index is 12.1. The Morgan fingerprint density at radius 1 is 1.09 bits per heavy atom. The maximum Gasteiger partial charge on any atom is 0.343 e. The standard InChI is InChI=1S/C18H16N2O3/c1-11(12-7-3-2-4-8-12)19-16-13-9-5-6-10-14(13)20-17(21)15(16)18(22)23/h2-11H,1H3,(H,22,23)(H2,19,20,21). The Morgan fingerprint density at radius 2 is 1.74 bits per heavy atom. The van der Waals surface area contributed by atoms with E-state index < -0.39 is 11.5 Å². The highest BCUT2D eigenvalue weighted by molar-refractivity contribution is 6.04. The van der Waals surface area contributed by atoms with Gasteiger partial charge in [-0.25, -0.2) is 4.79 Å². The second-order valence-electron chi connectivity index (χ2n) is 5.33. The fourth-order valence-corrected chi connectivity index (χ4v) is 2.64. The van der Waals surface area contributed by atoms with Crippen LogP contribution in [0.15, 0.2) is 59.4 Å². The van der Waals surface area contributed by atoms with Crippen LogP contribution in [-0.2, 0) is 0 Å². The zero-order chi connectivity index (χ0) is 16.4. The summed E-state index contributed by atoms with van der Waals surface area (Å²) in [5.74, 6) is -1.25. The second-order valence-corrected chi connectivity index (χ2v) is 5.33. The van der Waals surface area contributed by atoms with Gasteiger partial charge in [0.05, 0.1) is 11.2 Å². The summed E-state index contributed by atoms with van der Waals surface area (Å²) in [4.78, 5) is 26.3. The van der Waals surface area contributed by atoms with Gasteiger partial charge in [0.2, 0.25) is 0 Å². The van der Waals surface area contributed by atoms with E-state index in [1.54, 1.807) is 18.2 Å². The molecule has 0 saturated heterocycles. The third-order valence-electron chi connectivity index (χ3n) is 3.80. The van der Waals surface area contributed by atoms with Crippen LogP contribution in [0.5, 0.6) is 0 Å². The third kappa shape index (κ3) is 2.81. The molecule has 3 aromatic rings. The highest BCUT2D eigenvalue weighted by Crippen LogP contribution is 2.27. The fraction of sp³-hybridized carbons (Fsp3) is 0.111. The average molecular weight is 308 g/mol. The number of carboxylic acids is 1. The first-order valence-electron chi connectivity index (χ1n) is 7.27. The largest absolute Gasteiger partial charge is 0.477 e. The molecule has 5 nitrogen and oxygen atoms in total. The number of hydrogen-bond acceptors (Lipinski definition) is 3. The summed E-state index contributed by atoms with van der Waals surface area (Å²) in [6, 6.07) is 16.7. The van der Waals surface area contributed by atoms with Crippen molar-refractivity contribution in [1.29, 1.82) is 0 Å². The first-order chi connectivity index (χ1) is 11.1. The van der Waals surface area contributed by atoms with E-state index in [0.29, 0.717) is 16.6 Å². The summed E-state index contributed by atoms with van der Waals surface area (Å²) >= 11 is 0. The van der Waals surface area contributed by atoms with Gasteiger partial charge in [0, 0.05) is 11.4 Å². The molecular formula is C18H16N2O3. The smallest absolute Gasteiger partial charge is 0.343 e. The predicted octanol–water partition coefficient (Wildman–Crippen LogP) is 3.40. The zero-order valence-corrected chi connectivity index (χ0v) is 12.5. The monoisotopic (exact) mass is 308 g/mol. The van der Waals surface area contributed by atoms with Crippen molar-refractivity contribution in [2.75, 3.05) is 5.32 Å². The number of carboxylic acid groups (broad SMARTS) is 1. The number of rotatable bonds is 4. The lowest BCUT2D eigenvalue weighted by atomic mass is 10.0. The molecule has 23 heavy (non-hydrogen) atoms. The molecule has 1 atom stereocenters. The van der Waals surface area contributed by atoms with E-state index >= 15 is 0 Å². The van der Waals surface area contributed by atoms with Crippen molar-refractivity contribution in [3.8, 4) is 0 Å². The Kier molecular flexibility index (Phi) is 3.85. The van der Waals surface area contributed by atoms with Crippen LogP contribution in [0.1, 0.15) is 28.9 Å². The van der Waals surface area contributed by atoms with Crippen molar-refractivity contribution >= 4 is 22.6 Å². The average Bonchev–Trinajstić information content (AvgIpc) is 2.55. The minimum atomic E-state index is -1.25. The minimum absolute atomic E-state index is 0.139. The summed E-state index contributed by atoms with van der Waals surface area (Å²) in [5, 5.41) is 13.3. The van der Waals surface area contributed by atoms with Crippen molar-refractivity contribution in [2.45, 2.75) is 13.0 Å². The number of benzene rings is 2. The SMILES string of the molecule is CC(Nc1c(C(=O)O)c(=O)[nH]c2ccccc12)c1ccccc1. The molecule has 2 aromatic carbocycles. The number of hydrogen-bond donors (Lipinski definition) is 3. The lowest BCUT2D eigenvalue weighted by Gasteiger charge is -2.18. The number of anilines is 1. The van der Waals surface area contributed by atoms with Crippen molar-refractivity contribution in [3.63, 3.8) is 0 Å². The molecule has 1 aromatic heterocycles. The van der Waals surface area contributed by atoms with Gasteiger partial charge in [-0.15, -0.1) is 0 Å². The number of pyridine rings is 1. The van der Waals surface area contributed by atoms with Crippen LogP contribution < -0.4 is 10.9 Å². The van der Waals surface area contributed by atoms with Crippen LogP contribution in [0.25, 0.3) is 10.9 Å². The Hall–Kier alpha value is -3.08. The van der Waals surface area contributed by atoms with Gasteiger partial charge in [-0.2, -0.15) is 0 Å². The first kappa shape index (κ1) is 14.8. The van der Waals surface area contributed by atoms with Gasteiger partial charge in [0.25, 0.3) is 5.56 Å². The molecule has 5 heteroatoms. The molecule has 0 amide bonds. The first-order valence-corrected chi connectivity index (χ1v) is 7.27. The van der Waals surface area contributed by atoms with Crippen molar-refractivity contribution in [1.82, 2.24) is 4.98 Å². The van der Waals surface area contributed by atoms with Gasteiger partial charge in [0.15, 0.2) is 0 Å². The maximum absolute atomic E-state index is 12.1. The van der Waals surface area contributed by atoms with Crippen LogP contribution in [-0.4, -0.2) is 16.1 Å². The summed E-state index contributed by atoms with van der Waals surface area (Å²) in [6.45, 7) is 1.93. The van der Waals surface area contributed by atoms with Crippen molar-refractivity contribution < 1.29 is 9.90 Å². The van der Waals surface area contributed by atoms with E-state index in [9.17, 15) is 14.7 Å². The van der Waals surface area contributed by atoms with E-state index in [-0.39, 0.29) is 11.6 Å². The van der Waals surface area contributed by atoms with Gasteiger partial charge < -0.3 is 15.4 Å². The molecule has 1 unspecified atom stereocenters. The molecule has 0 aliphatic heterocycles. The predicted molar refractivity (Wildman–Crippen MR) is 90.0 cm³/mol. The number of aromatic carboxylic acids is 1. The van der Waals surface area contributed by atoms with E-state index in [4.69, 9.17) is 0 Å². The molecular weight excluding hydrogens is 292 g/mol. The Bertz CT molecular complexity index is 916. The molecule has 3 N–H and O–H groups in total. The van der Waals surface area contributed by atoms with Gasteiger partial charge >= 0.3 is 5.97 Å². The van der Waals surface area contributed by atoms with Crippen LogP contribution in [0.3, 0.4) is 0 Å². The highest BCUT2D eigenvalue weighted by Gasteiger charge is 2.20. The summed E-state index contributed by atoms with van der Waals surface area (Å²) in [7, 11) is 0. The summed E-state index contributed by atoms with van der Waals surface area (Å²) < 4.78 is 0. The molecule has 116 valence electrons. The fourth-order valence-electron chi connectivity index (χ4n) is 2.64. The number of H-pyrrole nitrogens is 1. The van der Waals surface area contributed by atoms with E-state index in [0.717, 1.165) is 5.56 Å². The molecule has 0 aliphatic rings. The Morgan fingerprint density at radius 3 is 2.43 bits per heavy atom. The Balaban J connectivity index is 2.17. The quantitative estimate of drug-likeness (QED) is 0.690. The van der Waals surface area contributed by atoms with Crippen LogP contribution in [0.2, 0.25) is 0 Å². The molecule has 3 rings (SSSR count).